The minimum absolute atomic E-state index is 0.0204. The zero-order valence-electron chi connectivity index (χ0n) is 11.6. The maximum Gasteiger partial charge on any atom is 0.337 e. The number of rotatable bonds is 4. The van der Waals surface area contributed by atoms with Crippen molar-refractivity contribution in [2.45, 2.75) is 6.42 Å². The summed E-state index contributed by atoms with van der Waals surface area (Å²) in [5.41, 5.74) is -0.189. The molecule has 114 valence electrons. The summed E-state index contributed by atoms with van der Waals surface area (Å²) in [4.78, 5) is 23.3. The molecule has 0 aliphatic carbocycles. The first kappa shape index (κ1) is 15.6. The van der Waals surface area contributed by atoms with E-state index in [-0.39, 0.29) is 28.9 Å². The van der Waals surface area contributed by atoms with Gasteiger partial charge in [0.15, 0.2) is 5.78 Å². The van der Waals surface area contributed by atoms with Gasteiger partial charge in [0.1, 0.15) is 17.4 Å². The Morgan fingerprint density at radius 3 is 2.41 bits per heavy atom. The molecule has 1 N–H and O–H groups in total. The molecule has 2 aromatic carbocycles. The molecule has 0 amide bonds. The van der Waals surface area contributed by atoms with Crippen LogP contribution in [0.4, 0.5) is 8.78 Å². The van der Waals surface area contributed by atoms with Crippen molar-refractivity contribution in [3.8, 4) is 5.75 Å². The number of phenolic OH excluding ortho intramolecular Hbond substituents is 1. The summed E-state index contributed by atoms with van der Waals surface area (Å²) >= 11 is 0. The Morgan fingerprint density at radius 1 is 1.09 bits per heavy atom. The number of aromatic hydroxyl groups is 1. The molecule has 0 unspecified atom stereocenters. The number of Topliss-reactive ketones (excluding diaryl/α,β-unsaturated/α-hetero) is 1. The van der Waals surface area contributed by atoms with Crippen LogP contribution in [0.2, 0.25) is 0 Å². The molecule has 2 aromatic rings. The number of methoxy groups -OCH3 is 1. The van der Waals surface area contributed by atoms with Gasteiger partial charge in [0, 0.05) is 12.5 Å². The number of hydrogen-bond acceptors (Lipinski definition) is 4. The minimum atomic E-state index is -0.878. The predicted octanol–water partition coefficient (Wildman–Crippen LogP) is 2.88. The van der Waals surface area contributed by atoms with Crippen molar-refractivity contribution in [2.75, 3.05) is 7.11 Å². The number of benzene rings is 2. The highest BCUT2D eigenvalue weighted by Crippen LogP contribution is 2.19. The van der Waals surface area contributed by atoms with Crippen LogP contribution in [-0.2, 0) is 11.2 Å². The molecule has 0 heterocycles. The maximum atomic E-state index is 13.9. The van der Waals surface area contributed by atoms with Gasteiger partial charge in [-0.25, -0.2) is 13.6 Å². The lowest BCUT2D eigenvalue weighted by atomic mass is 10.0. The molecule has 0 saturated heterocycles. The number of phenols is 1. The van der Waals surface area contributed by atoms with E-state index in [0.717, 1.165) is 18.2 Å². The fraction of sp³-hybridized carbons (Fsp3) is 0.125. The van der Waals surface area contributed by atoms with Crippen LogP contribution in [0.1, 0.15) is 26.3 Å². The zero-order valence-corrected chi connectivity index (χ0v) is 11.6. The zero-order chi connectivity index (χ0) is 16.3. The Kier molecular flexibility index (Phi) is 4.50. The number of ether oxygens (including phenoxy) is 1. The van der Waals surface area contributed by atoms with Crippen LogP contribution in [0.15, 0.2) is 36.4 Å². The quantitative estimate of drug-likeness (QED) is 0.697. The van der Waals surface area contributed by atoms with Crippen molar-refractivity contribution in [3.63, 3.8) is 0 Å². The van der Waals surface area contributed by atoms with E-state index in [2.05, 4.69) is 4.74 Å². The third-order valence-electron chi connectivity index (χ3n) is 3.08. The van der Waals surface area contributed by atoms with Gasteiger partial charge < -0.3 is 9.84 Å². The Morgan fingerprint density at radius 2 is 1.82 bits per heavy atom. The Balaban J connectivity index is 2.23. The van der Waals surface area contributed by atoms with Gasteiger partial charge in [0.2, 0.25) is 0 Å². The third-order valence-corrected chi connectivity index (χ3v) is 3.08. The van der Waals surface area contributed by atoms with E-state index in [0.29, 0.717) is 0 Å². The molecular formula is C16H12F2O4. The molecule has 4 nitrogen and oxygen atoms in total. The molecule has 0 aliphatic heterocycles. The van der Waals surface area contributed by atoms with Gasteiger partial charge in [-0.3, -0.25) is 4.79 Å². The molecule has 0 aliphatic rings. The van der Waals surface area contributed by atoms with Crippen LogP contribution in [-0.4, -0.2) is 24.0 Å². The third kappa shape index (κ3) is 3.28. The average molecular weight is 306 g/mol. The van der Waals surface area contributed by atoms with Crippen LogP contribution in [0.3, 0.4) is 0 Å². The molecule has 2 rings (SSSR count). The van der Waals surface area contributed by atoms with Gasteiger partial charge in [-0.05, 0) is 29.8 Å². The molecule has 0 bridgehead atoms. The highest BCUT2D eigenvalue weighted by atomic mass is 19.1. The lowest BCUT2D eigenvalue weighted by molar-refractivity contribution is 0.0600. The number of esters is 1. The van der Waals surface area contributed by atoms with Crippen LogP contribution in [0.5, 0.6) is 5.75 Å². The second-order valence-corrected chi connectivity index (χ2v) is 4.56. The number of halogens is 2. The Hall–Kier alpha value is -2.76. The summed E-state index contributed by atoms with van der Waals surface area (Å²) < 4.78 is 31.9. The molecule has 0 fully saturated rings. The fourth-order valence-corrected chi connectivity index (χ4v) is 1.93. The lowest BCUT2D eigenvalue weighted by Crippen LogP contribution is -2.09. The van der Waals surface area contributed by atoms with E-state index in [9.17, 15) is 18.4 Å². The summed E-state index contributed by atoms with van der Waals surface area (Å²) in [6.07, 6.45) is -0.366. The molecule has 22 heavy (non-hydrogen) atoms. The van der Waals surface area contributed by atoms with Gasteiger partial charge in [-0.1, -0.05) is 6.07 Å². The van der Waals surface area contributed by atoms with Gasteiger partial charge in [-0.15, -0.1) is 0 Å². The van der Waals surface area contributed by atoms with Crippen molar-refractivity contribution in [3.05, 3.63) is 64.7 Å². The number of ketones is 1. The summed E-state index contributed by atoms with van der Waals surface area (Å²) in [6, 6.07) is 6.68. The average Bonchev–Trinajstić information content (AvgIpc) is 2.48. The first-order valence-corrected chi connectivity index (χ1v) is 6.31. The van der Waals surface area contributed by atoms with Crippen LogP contribution in [0.25, 0.3) is 0 Å². The lowest BCUT2D eigenvalue weighted by Gasteiger charge is -2.06. The van der Waals surface area contributed by atoms with Crippen molar-refractivity contribution in [1.82, 2.24) is 0 Å². The van der Waals surface area contributed by atoms with E-state index < -0.39 is 23.4 Å². The van der Waals surface area contributed by atoms with Crippen molar-refractivity contribution in [2.24, 2.45) is 0 Å². The maximum absolute atomic E-state index is 13.9. The van der Waals surface area contributed by atoms with E-state index in [4.69, 9.17) is 5.11 Å². The minimum Gasteiger partial charge on any atom is -0.508 e. The summed E-state index contributed by atoms with van der Waals surface area (Å²) in [5.74, 6) is -3.27. The molecular weight excluding hydrogens is 294 g/mol. The first-order chi connectivity index (χ1) is 10.4. The SMILES string of the molecule is COC(=O)c1ccc(CC(=O)c2ccc(O)cc2F)c(F)c1. The van der Waals surface area contributed by atoms with Crippen molar-refractivity contribution >= 4 is 11.8 Å². The smallest absolute Gasteiger partial charge is 0.337 e. The summed E-state index contributed by atoms with van der Waals surface area (Å²) in [5, 5.41) is 9.10. The van der Waals surface area contributed by atoms with Gasteiger partial charge >= 0.3 is 5.97 Å². The van der Waals surface area contributed by atoms with Gasteiger partial charge in [0.05, 0.1) is 18.2 Å². The number of carbonyl (C=O) groups is 2. The monoisotopic (exact) mass is 306 g/mol. The second-order valence-electron chi connectivity index (χ2n) is 4.56. The first-order valence-electron chi connectivity index (χ1n) is 6.31. The highest BCUT2D eigenvalue weighted by Gasteiger charge is 2.16. The molecule has 0 saturated carbocycles. The Labute approximate surface area is 125 Å². The van der Waals surface area contributed by atoms with E-state index in [1.807, 2.05) is 0 Å². The van der Waals surface area contributed by atoms with Crippen LogP contribution in [0, 0.1) is 11.6 Å². The topological polar surface area (TPSA) is 63.6 Å². The largest absolute Gasteiger partial charge is 0.508 e. The highest BCUT2D eigenvalue weighted by molar-refractivity contribution is 5.98. The van der Waals surface area contributed by atoms with Crippen molar-refractivity contribution in [1.29, 1.82) is 0 Å². The molecule has 0 aromatic heterocycles. The van der Waals surface area contributed by atoms with Gasteiger partial charge in [0.25, 0.3) is 0 Å². The molecule has 6 heteroatoms. The van der Waals surface area contributed by atoms with E-state index in [1.165, 1.54) is 25.3 Å². The summed E-state index contributed by atoms with van der Waals surface area (Å²) in [7, 11) is 1.17. The van der Waals surface area contributed by atoms with Crippen molar-refractivity contribution < 1.29 is 28.2 Å². The number of carbonyl (C=O) groups excluding carboxylic acids is 2. The standard InChI is InChI=1S/C16H12F2O4/c1-22-16(21)10-3-2-9(13(17)6-10)7-15(20)12-5-4-11(19)8-14(12)18/h2-6,8,19H,7H2,1H3. The van der Waals surface area contributed by atoms with E-state index in [1.54, 1.807) is 0 Å². The van der Waals surface area contributed by atoms with Crippen LogP contribution < -0.4 is 0 Å². The predicted molar refractivity (Wildman–Crippen MR) is 73.8 cm³/mol. The second kappa shape index (κ2) is 6.34. The van der Waals surface area contributed by atoms with Crippen LogP contribution >= 0.6 is 0 Å². The normalized spacial score (nSPS) is 10.3. The molecule has 0 radical (unpaired) electrons. The molecule has 0 atom stereocenters. The fourth-order valence-electron chi connectivity index (χ4n) is 1.93. The summed E-state index contributed by atoms with van der Waals surface area (Å²) in [6.45, 7) is 0. The number of hydrogen-bond donors (Lipinski definition) is 1. The van der Waals surface area contributed by atoms with Gasteiger partial charge in [-0.2, -0.15) is 0 Å². The van der Waals surface area contributed by atoms with E-state index >= 15 is 0 Å². The molecule has 0 spiro atoms. The Bertz CT molecular complexity index is 741.